The molecule has 0 aliphatic carbocycles. The van der Waals surface area contributed by atoms with Crippen molar-refractivity contribution in [1.29, 1.82) is 0 Å². The van der Waals surface area contributed by atoms with E-state index in [0.717, 1.165) is 28.2 Å². The van der Waals surface area contributed by atoms with Crippen LogP contribution < -0.4 is 10.3 Å². The Hall–Kier alpha value is -3.60. The summed E-state index contributed by atoms with van der Waals surface area (Å²) in [7, 11) is 4.01. The number of hydrogen-bond acceptors (Lipinski definition) is 4. The Morgan fingerprint density at radius 2 is 1.37 bits per heavy atom. The molecule has 0 aliphatic heterocycles. The fourth-order valence-corrected chi connectivity index (χ4v) is 2.62. The van der Waals surface area contributed by atoms with Gasteiger partial charge in [-0.25, -0.2) is 4.79 Å². The number of aromatic carboxylic acids is 1. The lowest BCUT2D eigenvalue weighted by Crippen LogP contribution is -2.10. The van der Waals surface area contributed by atoms with Crippen LogP contribution in [0.4, 0.5) is 11.4 Å². The second-order valence-corrected chi connectivity index (χ2v) is 6.26. The molecule has 0 spiro atoms. The van der Waals surface area contributed by atoms with E-state index < -0.39 is 5.97 Å². The van der Waals surface area contributed by atoms with E-state index in [4.69, 9.17) is 5.11 Å². The van der Waals surface area contributed by atoms with Gasteiger partial charge in [0.2, 0.25) is 0 Å². The summed E-state index contributed by atoms with van der Waals surface area (Å²) in [5.74, 6) is -0.948. The van der Waals surface area contributed by atoms with Crippen molar-refractivity contribution in [3.63, 3.8) is 0 Å². The average molecular weight is 359 g/mol. The predicted molar refractivity (Wildman–Crippen MR) is 110 cm³/mol. The molecule has 3 rings (SSSR count). The zero-order valence-corrected chi connectivity index (χ0v) is 15.3. The molecular weight excluding hydrogens is 338 g/mol. The average Bonchev–Trinajstić information content (AvgIpc) is 2.69. The SMILES string of the molecule is CN(C)c1ccc(/C(=N/Nc2ccc(C(=O)O)cc2)c2ccccc2)cc1. The highest BCUT2D eigenvalue weighted by molar-refractivity contribution is 6.13. The Morgan fingerprint density at radius 3 is 1.93 bits per heavy atom. The van der Waals surface area contributed by atoms with Gasteiger partial charge in [0.15, 0.2) is 0 Å². The molecule has 0 bridgehead atoms. The van der Waals surface area contributed by atoms with Gasteiger partial charge in [-0.05, 0) is 36.4 Å². The van der Waals surface area contributed by atoms with E-state index in [1.165, 1.54) is 0 Å². The highest BCUT2D eigenvalue weighted by Gasteiger charge is 2.08. The summed E-state index contributed by atoms with van der Waals surface area (Å²) in [6, 6.07) is 24.6. The number of hydrogen-bond donors (Lipinski definition) is 2. The first-order valence-electron chi connectivity index (χ1n) is 8.55. The Bertz CT molecular complexity index is 932. The third kappa shape index (κ3) is 4.52. The monoisotopic (exact) mass is 359 g/mol. The molecule has 0 radical (unpaired) electrons. The number of anilines is 2. The molecule has 5 heteroatoms. The second-order valence-electron chi connectivity index (χ2n) is 6.26. The Morgan fingerprint density at radius 1 is 0.815 bits per heavy atom. The quantitative estimate of drug-likeness (QED) is 0.508. The van der Waals surface area contributed by atoms with Crippen molar-refractivity contribution < 1.29 is 9.90 Å². The van der Waals surface area contributed by atoms with Gasteiger partial charge in [-0.1, -0.05) is 42.5 Å². The van der Waals surface area contributed by atoms with Crippen LogP contribution in [0.3, 0.4) is 0 Å². The molecule has 5 nitrogen and oxygen atoms in total. The van der Waals surface area contributed by atoms with Crippen LogP contribution in [0.15, 0.2) is 84.0 Å². The number of carboxylic acid groups (broad SMARTS) is 1. The van der Waals surface area contributed by atoms with E-state index in [9.17, 15) is 4.79 Å². The Kier molecular flexibility index (Phi) is 5.52. The standard InChI is InChI=1S/C22H21N3O2/c1-25(2)20-14-10-17(11-15-20)21(16-6-4-3-5-7-16)24-23-19-12-8-18(9-13-19)22(26)27/h3-15,23H,1-2H3,(H,26,27)/b24-21+. The van der Waals surface area contributed by atoms with Gasteiger partial charge in [0.1, 0.15) is 0 Å². The van der Waals surface area contributed by atoms with Gasteiger partial charge in [-0.3, -0.25) is 5.43 Å². The van der Waals surface area contributed by atoms with E-state index in [-0.39, 0.29) is 5.56 Å². The number of hydrazone groups is 1. The van der Waals surface area contributed by atoms with Crippen molar-refractivity contribution in [2.45, 2.75) is 0 Å². The molecule has 0 aliphatic rings. The van der Waals surface area contributed by atoms with Crippen LogP contribution in [0.2, 0.25) is 0 Å². The lowest BCUT2D eigenvalue weighted by atomic mass is 10.0. The van der Waals surface area contributed by atoms with Crippen LogP contribution in [-0.4, -0.2) is 30.9 Å². The maximum absolute atomic E-state index is 11.0. The minimum atomic E-state index is -0.948. The first kappa shape index (κ1) is 18.2. The number of benzene rings is 3. The number of carboxylic acids is 1. The zero-order chi connectivity index (χ0) is 19.2. The van der Waals surface area contributed by atoms with E-state index in [1.807, 2.05) is 61.5 Å². The van der Waals surface area contributed by atoms with Crippen LogP contribution in [0.1, 0.15) is 21.5 Å². The normalized spacial score (nSPS) is 11.1. The molecular formula is C22H21N3O2. The summed E-state index contributed by atoms with van der Waals surface area (Å²) in [4.78, 5) is 13.0. The molecule has 0 atom stereocenters. The van der Waals surface area contributed by atoms with Crippen molar-refractivity contribution in [3.05, 3.63) is 95.6 Å². The summed E-state index contributed by atoms with van der Waals surface area (Å²) >= 11 is 0. The summed E-state index contributed by atoms with van der Waals surface area (Å²) in [6.07, 6.45) is 0. The summed E-state index contributed by atoms with van der Waals surface area (Å²) in [6.45, 7) is 0. The number of nitrogens with zero attached hydrogens (tertiary/aromatic N) is 2. The van der Waals surface area contributed by atoms with Crippen molar-refractivity contribution >= 4 is 23.1 Å². The third-order valence-corrected chi connectivity index (χ3v) is 4.13. The van der Waals surface area contributed by atoms with Gasteiger partial charge < -0.3 is 10.0 Å². The van der Waals surface area contributed by atoms with Gasteiger partial charge in [-0.15, -0.1) is 0 Å². The molecule has 0 amide bonds. The molecule has 0 aromatic heterocycles. The fourth-order valence-electron chi connectivity index (χ4n) is 2.62. The summed E-state index contributed by atoms with van der Waals surface area (Å²) in [5.41, 5.74) is 7.89. The second kappa shape index (κ2) is 8.19. The number of rotatable bonds is 6. The van der Waals surface area contributed by atoms with Gasteiger partial charge >= 0.3 is 5.97 Å². The molecule has 0 unspecified atom stereocenters. The van der Waals surface area contributed by atoms with Crippen LogP contribution in [-0.2, 0) is 0 Å². The van der Waals surface area contributed by atoms with Crippen molar-refractivity contribution in [1.82, 2.24) is 0 Å². The molecule has 0 heterocycles. The molecule has 27 heavy (non-hydrogen) atoms. The molecule has 0 fully saturated rings. The van der Waals surface area contributed by atoms with Crippen molar-refractivity contribution in [2.75, 3.05) is 24.4 Å². The first-order chi connectivity index (χ1) is 13.0. The van der Waals surface area contributed by atoms with Gasteiger partial charge in [-0.2, -0.15) is 5.10 Å². The Labute approximate surface area is 158 Å². The minimum absolute atomic E-state index is 0.243. The third-order valence-electron chi connectivity index (χ3n) is 4.13. The Balaban J connectivity index is 1.92. The topological polar surface area (TPSA) is 64.9 Å². The summed E-state index contributed by atoms with van der Waals surface area (Å²) in [5, 5.41) is 13.6. The molecule has 3 aromatic rings. The van der Waals surface area contributed by atoms with Crippen LogP contribution in [0.25, 0.3) is 0 Å². The lowest BCUT2D eigenvalue weighted by molar-refractivity contribution is 0.0697. The molecule has 2 N–H and O–H groups in total. The van der Waals surface area contributed by atoms with Gasteiger partial charge in [0.25, 0.3) is 0 Å². The van der Waals surface area contributed by atoms with E-state index in [0.29, 0.717) is 0 Å². The van der Waals surface area contributed by atoms with Crippen molar-refractivity contribution in [2.24, 2.45) is 5.10 Å². The predicted octanol–water partition coefficient (Wildman–Crippen LogP) is 4.32. The highest BCUT2D eigenvalue weighted by Crippen LogP contribution is 2.17. The van der Waals surface area contributed by atoms with E-state index in [1.54, 1.807) is 24.3 Å². The summed E-state index contributed by atoms with van der Waals surface area (Å²) < 4.78 is 0. The van der Waals surface area contributed by atoms with Crippen LogP contribution in [0.5, 0.6) is 0 Å². The minimum Gasteiger partial charge on any atom is -0.478 e. The highest BCUT2D eigenvalue weighted by atomic mass is 16.4. The molecule has 3 aromatic carbocycles. The fraction of sp³-hybridized carbons (Fsp3) is 0.0909. The largest absolute Gasteiger partial charge is 0.478 e. The zero-order valence-electron chi connectivity index (χ0n) is 15.3. The van der Waals surface area contributed by atoms with Gasteiger partial charge in [0, 0.05) is 30.9 Å². The molecule has 136 valence electrons. The van der Waals surface area contributed by atoms with E-state index >= 15 is 0 Å². The molecule has 0 saturated heterocycles. The number of nitrogens with one attached hydrogen (secondary N) is 1. The van der Waals surface area contributed by atoms with E-state index in [2.05, 4.69) is 22.7 Å². The lowest BCUT2D eigenvalue weighted by Gasteiger charge is -2.14. The van der Waals surface area contributed by atoms with Gasteiger partial charge in [0.05, 0.1) is 17.0 Å². The number of carbonyl (C=O) groups is 1. The molecule has 0 saturated carbocycles. The van der Waals surface area contributed by atoms with Crippen LogP contribution in [0, 0.1) is 0 Å². The maximum Gasteiger partial charge on any atom is 0.335 e. The van der Waals surface area contributed by atoms with Crippen LogP contribution >= 0.6 is 0 Å². The first-order valence-corrected chi connectivity index (χ1v) is 8.55. The van der Waals surface area contributed by atoms with Crippen molar-refractivity contribution in [3.8, 4) is 0 Å². The smallest absolute Gasteiger partial charge is 0.335 e. The maximum atomic E-state index is 11.0.